The van der Waals surface area contributed by atoms with Gasteiger partial charge < -0.3 is 15.4 Å². The van der Waals surface area contributed by atoms with E-state index in [-0.39, 0.29) is 6.03 Å². The first-order valence-corrected chi connectivity index (χ1v) is 7.77. The van der Waals surface area contributed by atoms with Gasteiger partial charge in [-0.05, 0) is 31.1 Å². The highest BCUT2D eigenvalue weighted by Crippen LogP contribution is 2.34. The van der Waals surface area contributed by atoms with Gasteiger partial charge in [-0.3, -0.25) is 0 Å². The summed E-state index contributed by atoms with van der Waals surface area (Å²) in [6.07, 6.45) is 4.96. The molecule has 1 saturated carbocycles. The predicted octanol–water partition coefficient (Wildman–Crippen LogP) is 2.54. The summed E-state index contributed by atoms with van der Waals surface area (Å²) in [6, 6.07) is 0.415. The number of nitrogens with one attached hydrogen (secondary N) is 2. The van der Waals surface area contributed by atoms with E-state index in [1.165, 1.54) is 12.8 Å². The topological polar surface area (TPSA) is 50.4 Å². The van der Waals surface area contributed by atoms with Crippen molar-refractivity contribution in [1.82, 2.24) is 10.6 Å². The van der Waals surface area contributed by atoms with Crippen LogP contribution >= 0.6 is 0 Å². The Morgan fingerprint density at radius 3 is 2.84 bits per heavy atom. The molecule has 0 bridgehead atoms. The molecule has 2 fully saturated rings. The van der Waals surface area contributed by atoms with Gasteiger partial charge in [-0.1, -0.05) is 27.2 Å². The minimum Gasteiger partial charge on any atom is -0.378 e. The molecule has 110 valence electrons. The summed E-state index contributed by atoms with van der Waals surface area (Å²) in [5, 5.41) is 6.08. The summed E-state index contributed by atoms with van der Waals surface area (Å²) in [6.45, 7) is 8.13. The molecule has 1 heterocycles. The Bertz CT molecular complexity index is 307. The fourth-order valence-electron chi connectivity index (χ4n) is 3.17. The average molecular weight is 268 g/mol. The number of carbonyl (C=O) groups is 1. The van der Waals surface area contributed by atoms with E-state index in [9.17, 15) is 4.79 Å². The standard InChI is InChI=1S/C15H28N2O2/c1-4-5-11-8-13(11)17-15(18)16-9-12-6-7-19-14(12)10(2)3/h10-14H,4-9H2,1-3H3,(H2,16,17,18)/t11-,12-,13+,14-/m1/s1. The largest absolute Gasteiger partial charge is 0.378 e. The molecule has 2 aliphatic rings. The molecule has 2 rings (SSSR count). The van der Waals surface area contributed by atoms with E-state index < -0.39 is 0 Å². The van der Waals surface area contributed by atoms with Crippen LogP contribution in [-0.4, -0.2) is 31.3 Å². The van der Waals surface area contributed by atoms with Crippen molar-refractivity contribution in [2.45, 2.75) is 58.6 Å². The molecule has 4 heteroatoms. The maximum absolute atomic E-state index is 11.8. The molecule has 4 nitrogen and oxygen atoms in total. The summed E-state index contributed by atoms with van der Waals surface area (Å²) in [7, 11) is 0. The molecule has 0 radical (unpaired) electrons. The van der Waals surface area contributed by atoms with E-state index in [0.717, 1.165) is 26.0 Å². The third-order valence-corrected chi connectivity index (χ3v) is 4.34. The predicted molar refractivity (Wildman–Crippen MR) is 76.0 cm³/mol. The van der Waals surface area contributed by atoms with Crippen molar-refractivity contribution in [1.29, 1.82) is 0 Å². The minimum atomic E-state index is -0.00184. The van der Waals surface area contributed by atoms with Crippen LogP contribution in [0, 0.1) is 17.8 Å². The van der Waals surface area contributed by atoms with E-state index in [0.29, 0.717) is 29.9 Å². The Morgan fingerprint density at radius 2 is 2.16 bits per heavy atom. The average Bonchev–Trinajstić information content (AvgIpc) is 2.92. The zero-order valence-corrected chi connectivity index (χ0v) is 12.4. The molecule has 1 saturated heterocycles. The second-order valence-electron chi connectivity index (χ2n) is 6.37. The molecule has 4 atom stereocenters. The fourth-order valence-corrected chi connectivity index (χ4v) is 3.17. The van der Waals surface area contributed by atoms with E-state index in [4.69, 9.17) is 4.74 Å². The van der Waals surface area contributed by atoms with Crippen molar-refractivity contribution < 1.29 is 9.53 Å². The van der Waals surface area contributed by atoms with Crippen molar-refractivity contribution in [3.05, 3.63) is 0 Å². The molecule has 2 N–H and O–H groups in total. The highest BCUT2D eigenvalue weighted by Gasteiger charge is 2.37. The lowest BCUT2D eigenvalue weighted by Gasteiger charge is -2.22. The number of amides is 2. The van der Waals surface area contributed by atoms with Crippen molar-refractivity contribution in [3.8, 4) is 0 Å². The monoisotopic (exact) mass is 268 g/mol. The smallest absolute Gasteiger partial charge is 0.315 e. The van der Waals surface area contributed by atoms with Gasteiger partial charge in [0.25, 0.3) is 0 Å². The molecular weight excluding hydrogens is 240 g/mol. The van der Waals surface area contributed by atoms with Crippen LogP contribution in [0.2, 0.25) is 0 Å². The second kappa shape index (κ2) is 6.60. The second-order valence-corrected chi connectivity index (χ2v) is 6.37. The molecule has 0 aromatic heterocycles. The highest BCUT2D eigenvalue weighted by atomic mass is 16.5. The Kier molecular flexibility index (Phi) is 5.08. The zero-order valence-electron chi connectivity index (χ0n) is 12.4. The Balaban J connectivity index is 1.64. The summed E-state index contributed by atoms with van der Waals surface area (Å²) < 4.78 is 5.73. The van der Waals surface area contributed by atoms with E-state index >= 15 is 0 Å². The van der Waals surface area contributed by atoms with Crippen LogP contribution in [0.25, 0.3) is 0 Å². The van der Waals surface area contributed by atoms with Crippen LogP contribution in [0.4, 0.5) is 4.79 Å². The van der Waals surface area contributed by atoms with Crippen molar-refractivity contribution in [2.75, 3.05) is 13.2 Å². The molecule has 0 aromatic carbocycles. The van der Waals surface area contributed by atoms with Gasteiger partial charge in [-0.2, -0.15) is 0 Å². The van der Waals surface area contributed by atoms with Crippen molar-refractivity contribution >= 4 is 6.03 Å². The van der Waals surface area contributed by atoms with E-state index in [2.05, 4.69) is 31.4 Å². The number of carbonyl (C=O) groups excluding carboxylic acids is 1. The van der Waals surface area contributed by atoms with Gasteiger partial charge in [-0.25, -0.2) is 4.79 Å². The maximum atomic E-state index is 11.8. The van der Waals surface area contributed by atoms with Gasteiger partial charge in [0.15, 0.2) is 0 Å². The van der Waals surface area contributed by atoms with Gasteiger partial charge >= 0.3 is 6.03 Å². The maximum Gasteiger partial charge on any atom is 0.315 e. The Hall–Kier alpha value is -0.770. The Labute approximate surface area is 116 Å². The molecule has 0 aromatic rings. The van der Waals surface area contributed by atoms with Gasteiger partial charge in [0.1, 0.15) is 0 Å². The number of hydrogen-bond acceptors (Lipinski definition) is 2. The molecule has 1 aliphatic carbocycles. The van der Waals surface area contributed by atoms with E-state index in [1.54, 1.807) is 0 Å². The van der Waals surface area contributed by atoms with Crippen molar-refractivity contribution in [3.63, 3.8) is 0 Å². The van der Waals surface area contributed by atoms with E-state index in [1.807, 2.05) is 0 Å². The fraction of sp³-hybridized carbons (Fsp3) is 0.933. The zero-order chi connectivity index (χ0) is 13.8. The molecule has 0 unspecified atom stereocenters. The van der Waals surface area contributed by atoms with Crippen LogP contribution < -0.4 is 10.6 Å². The van der Waals surface area contributed by atoms with Crippen LogP contribution in [0.5, 0.6) is 0 Å². The van der Waals surface area contributed by atoms with Gasteiger partial charge in [0.2, 0.25) is 0 Å². The lowest BCUT2D eigenvalue weighted by molar-refractivity contribution is 0.0545. The molecular formula is C15H28N2O2. The Morgan fingerprint density at radius 1 is 1.37 bits per heavy atom. The lowest BCUT2D eigenvalue weighted by atomic mass is 9.93. The van der Waals surface area contributed by atoms with Crippen LogP contribution in [0.3, 0.4) is 0 Å². The van der Waals surface area contributed by atoms with Gasteiger partial charge in [0.05, 0.1) is 6.10 Å². The minimum absolute atomic E-state index is 0.00184. The summed E-state index contributed by atoms with van der Waals surface area (Å²) in [5.74, 6) is 1.71. The molecule has 1 aliphatic heterocycles. The number of rotatable bonds is 6. The molecule has 2 amide bonds. The highest BCUT2D eigenvalue weighted by molar-refractivity contribution is 5.74. The van der Waals surface area contributed by atoms with Crippen LogP contribution in [-0.2, 0) is 4.74 Å². The number of ether oxygens (including phenoxy) is 1. The summed E-state index contributed by atoms with van der Waals surface area (Å²) >= 11 is 0. The summed E-state index contributed by atoms with van der Waals surface area (Å²) in [5.41, 5.74) is 0. The van der Waals surface area contributed by atoms with Crippen LogP contribution in [0.15, 0.2) is 0 Å². The van der Waals surface area contributed by atoms with Gasteiger partial charge in [-0.15, -0.1) is 0 Å². The third kappa shape index (κ3) is 4.10. The first-order chi connectivity index (χ1) is 9.11. The van der Waals surface area contributed by atoms with Crippen LogP contribution in [0.1, 0.15) is 46.5 Å². The number of urea groups is 1. The molecule has 19 heavy (non-hydrogen) atoms. The van der Waals surface area contributed by atoms with Crippen molar-refractivity contribution in [2.24, 2.45) is 17.8 Å². The number of hydrogen-bond donors (Lipinski definition) is 2. The first-order valence-electron chi connectivity index (χ1n) is 7.77. The quantitative estimate of drug-likeness (QED) is 0.778. The molecule has 0 spiro atoms. The SMILES string of the molecule is CCC[C@@H]1C[C@@H]1NC(=O)NC[C@H]1CCO[C@@H]1C(C)C. The first kappa shape index (κ1) is 14.6. The lowest BCUT2D eigenvalue weighted by Crippen LogP contribution is -2.41. The normalized spacial score (nSPS) is 33.5. The summed E-state index contributed by atoms with van der Waals surface area (Å²) in [4.78, 5) is 11.8. The third-order valence-electron chi connectivity index (χ3n) is 4.34. The van der Waals surface area contributed by atoms with Gasteiger partial charge in [0, 0.05) is 25.1 Å².